The third-order valence-corrected chi connectivity index (χ3v) is 2.67. The Morgan fingerprint density at radius 3 is 2.88 bits per heavy atom. The molecule has 0 aliphatic heterocycles. The molecule has 0 spiro atoms. The van der Waals surface area contributed by atoms with E-state index in [1.165, 1.54) is 6.07 Å². The molecular weight excluding hydrogens is 320 g/mol. The molecule has 0 fully saturated rings. The molecule has 5 heteroatoms. The molecule has 3 nitrogen and oxygen atoms in total. The summed E-state index contributed by atoms with van der Waals surface area (Å²) in [6.45, 7) is 0.376. The molecule has 0 atom stereocenters. The third kappa shape index (κ3) is 2.39. The maximum Gasteiger partial charge on any atom is 0.129 e. The van der Waals surface area contributed by atoms with Crippen molar-refractivity contribution >= 4 is 22.6 Å². The molecule has 1 heterocycles. The van der Waals surface area contributed by atoms with Crippen LogP contribution in [0.2, 0.25) is 0 Å². The number of hydrogen-bond acceptors (Lipinski definition) is 2. The molecule has 2 rings (SSSR count). The van der Waals surface area contributed by atoms with Gasteiger partial charge in [0.15, 0.2) is 0 Å². The molecule has 2 aromatic rings. The fourth-order valence-corrected chi connectivity index (χ4v) is 1.79. The van der Waals surface area contributed by atoms with Crippen LogP contribution in [-0.2, 0) is 6.54 Å². The standard InChI is InChI=1S/C11H7FIN3/c12-11-3-8(4-14)1-2-9(11)6-16-7-10(13)5-15-16/h1-3,5,7H,6H2. The number of aromatic nitrogens is 2. The topological polar surface area (TPSA) is 41.6 Å². The van der Waals surface area contributed by atoms with E-state index in [-0.39, 0.29) is 5.82 Å². The lowest BCUT2D eigenvalue weighted by Gasteiger charge is -2.03. The monoisotopic (exact) mass is 327 g/mol. The fraction of sp³-hybridized carbons (Fsp3) is 0.0909. The molecule has 0 unspecified atom stereocenters. The van der Waals surface area contributed by atoms with Gasteiger partial charge in [0.1, 0.15) is 5.82 Å². The third-order valence-electron chi connectivity index (χ3n) is 2.12. The molecule has 16 heavy (non-hydrogen) atoms. The van der Waals surface area contributed by atoms with E-state index in [1.807, 2.05) is 12.3 Å². The molecular formula is C11H7FIN3. The van der Waals surface area contributed by atoms with Gasteiger partial charge in [0.2, 0.25) is 0 Å². The first-order valence-corrected chi connectivity index (χ1v) is 5.63. The van der Waals surface area contributed by atoms with Crippen LogP contribution in [0, 0.1) is 20.7 Å². The Kier molecular flexibility index (Phi) is 3.19. The zero-order valence-corrected chi connectivity index (χ0v) is 10.3. The van der Waals surface area contributed by atoms with Crippen LogP contribution >= 0.6 is 22.6 Å². The number of hydrogen-bond donors (Lipinski definition) is 0. The minimum absolute atomic E-state index is 0.330. The molecule has 1 aromatic heterocycles. The van der Waals surface area contributed by atoms with Gasteiger partial charge in [-0.05, 0) is 34.7 Å². The van der Waals surface area contributed by atoms with Crippen molar-refractivity contribution in [1.82, 2.24) is 9.78 Å². The first kappa shape index (κ1) is 11.1. The van der Waals surface area contributed by atoms with E-state index in [2.05, 4.69) is 27.7 Å². The van der Waals surface area contributed by atoms with E-state index < -0.39 is 0 Å². The smallest absolute Gasteiger partial charge is 0.129 e. The van der Waals surface area contributed by atoms with Crippen molar-refractivity contribution in [3.05, 3.63) is 51.1 Å². The van der Waals surface area contributed by atoms with E-state index in [9.17, 15) is 4.39 Å². The normalized spacial score (nSPS) is 10.1. The minimum atomic E-state index is -0.371. The van der Waals surface area contributed by atoms with Crippen molar-refractivity contribution < 1.29 is 4.39 Å². The van der Waals surface area contributed by atoms with E-state index in [0.29, 0.717) is 17.7 Å². The average molecular weight is 327 g/mol. The van der Waals surface area contributed by atoms with Crippen molar-refractivity contribution in [2.24, 2.45) is 0 Å². The maximum absolute atomic E-state index is 13.5. The number of rotatable bonds is 2. The van der Waals surface area contributed by atoms with Gasteiger partial charge in [0.25, 0.3) is 0 Å². The first-order chi connectivity index (χ1) is 7.69. The van der Waals surface area contributed by atoms with Gasteiger partial charge in [-0.3, -0.25) is 4.68 Å². The van der Waals surface area contributed by atoms with Crippen molar-refractivity contribution in [3.8, 4) is 6.07 Å². The van der Waals surface area contributed by atoms with Crippen LogP contribution in [0.1, 0.15) is 11.1 Å². The molecule has 0 amide bonds. The van der Waals surface area contributed by atoms with Crippen molar-refractivity contribution in [2.45, 2.75) is 6.54 Å². The van der Waals surface area contributed by atoms with Gasteiger partial charge in [-0.15, -0.1) is 0 Å². The van der Waals surface area contributed by atoms with Gasteiger partial charge in [-0.1, -0.05) is 6.07 Å². The van der Waals surface area contributed by atoms with Crippen LogP contribution < -0.4 is 0 Å². The summed E-state index contributed by atoms with van der Waals surface area (Å²) in [5, 5.41) is 12.7. The van der Waals surface area contributed by atoms with Gasteiger partial charge >= 0.3 is 0 Å². The summed E-state index contributed by atoms with van der Waals surface area (Å²) in [6.07, 6.45) is 3.54. The quantitative estimate of drug-likeness (QED) is 0.796. The van der Waals surface area contributed by atoms with E-state index >= 15 is 0 Å². The first-order valence-electron chi connectivity index (χ1n) is 4.55. The second-order valence-corrected chi connectivity index (χ2v) is 4.52. The Balaban J connectivity index is 2.26. The number of nitrogens with zero attached hydrogens (tertiary/aromatic N) is 3. The zero-order valence-electron chi connectivity index (χ0n) is 8.19. The summed E-state index contributed by atoms with van der Waals surface area (Å²) in [5.74, 6) is -0.371. The number of halogens is 2. The minimum Gasteiger partial charge on any atom is -0.267 e. The zero-order chi connectivity index (χ0) is 11.5. The lowest BCUT2D eigenvalue weighted by molar-refractivity contribution is 0.584. The molecule has 1 aromatic carbocycles. The highest BCUT2D eigenvalue weighted by Crippen LogP contribution is 2.12. The SMILES string of the molecule is N#Cc1ccc(Cn2cc(I)cn2)c(F)c1. The Hall–Kier alpha value is -1.42. The molecule has 0 saturated carbocycles. The van der Waals surface area contributed by atoms with Gasteiger partial charge in [0, 0.05) is 11.8 Å². The van der Waals surface area contributed by atoms with Crippen molar-refractivity contribution in [3.63, 3.8) is 0 Å². The van der Waals surface area contributed by atoms with Crippen LogP contribution in [0.15, 0.2) is 30.6 Å². The lowest BCUT2D eigenvalue weighted by Crippen LogP contribution is -2.02. The Morgan fingerprint density at radius 1 is 1.50 bits per heavy atom. The Labute approximate surface area is 106 Å². The lowest BCUT2D eigenvalue weighted by atomic mass is 10.1. The molecule has 0 radical (unpaired) electrons. The number of benzene rings is 1. The average Bonchev–Trinajstić information content (AvgIpc) is 2.67. The Morgan fingerprint density at radius 2 is 2.31 bits per heavy atom. The van der Waals surface area contributed by atoms with E-state index in [1.54, 1.807) is 23.0 Å². The summed E-state index contributed by atoms with van der Waals surface area (Å²) in [5.41, 5.74) is 0.856. The van der Waals surface area contributed by atoms with Crippen LogP contribution in [0.3, 0.4) is 0 Å². The van der Waals surface area contributed by atoms with Gasteiger partial charge in [-0.25, -0.2) is 4.39 Å². The molecule has 0 N–H and O–H groups in total. The van der Waals surface area contributed by atoms with Crippen LogP contribution in [-0.4, -0.2) is 9.78 Å². The highest BCUT2D eigenvalue weighted by atomic mass is 127. The summed E-state index contributed by atoms with van der Waals surface area (Å²) >= 11 is 2.14. The molecule has 0 aliphatic rings. The largest absolute Gasteiger partial charge is 0.267 e. The molecule has 0 aliphatic carbocycles. The predicted molar refractivity (Wildman–Crippen MR) is 65.2 cm³/mol. The second-order valence-electron chi connectivity index (χ2n) is 3.27. The molecule has 80 valence electrons. The van der Waals surface area contributed by atoms with Crippen LogP contribution in [0.4, 0.5) is 4.39 Å². The summed E-state index contributed by atoms with van der Waals surface area (Å²) in [6, 6.07) is 6.36. The maximum atomic E-state index is 13.5. The van der Waals surface area contributed by atoms with Crippen LogP contribution in [0.25, 0.3) is 0 Å². The van der Waals surface area contributed by atoms with Crippen molar-refractivity contribution in [2.75, 3.05) is 0 Å². The van der Waals surface area contributed by atoms with E-state index in [4.69, 9.17) is 5.26 Å². The van der Waals surface area contributed by atoms with Gasteiger partial charge in [0.05, 0.1) is 27.9 Å². The summed E-state index contributed by atoms with van der Waals surface area (Å²) in [4.78, 5) is 0. The fourth-order valence-electron chi connectivity index (χ4n) is 1.34. The molecule has 0 saturated heterocycles. The second kappa shape index (κ2) is 4.61. The van der Waals surface area contributed by atoms with Gasteiger partial charge < -0.3 is 0 Å². The van der Waals surface area contributed by atoms with E-state index in [0.717, 1.165) is 3.57 Å². The number of nitriles is 1. The highest BCUT2D eigenvalue weighted by molar-refractivity contribution is 14.1. The van der Waals surface area contributed by atoms with Crippen LogP contribution in [0.5, 0.6) is 0 Å². The van der Waals surface area contributed by atoms with Crippen molar-refractivity contribution in [1.29, 1.82) is 5.26 Å². The molecule has 0 bridgehead atoms. The highest BCUT2D eigenvalue weighted by Gasteiger charge is 2.05. The predicted octanol–water partition coefficient (Wildman–Crippen LogP) is 2.55. The summed E-state index contributed by atoms with van der Waals surface area (Å²) in [7, 11) is 0. The summed E-state index contributed by atoms with van der Waals surface area (Å²) < 4.78 is 16.2. The van der Waals surface area contributed by atoms with Gasteiger partial charge in [-0.2, -0.15) is 10.4 Å². The Bertz CT molecular complexity index is 557.